The standard InChI is InChI=1S/C18H30N2/c1-5-13-19(14-6-2)17-11-9-10-12-18(17)20(15-7-3)16-8-4/h5-8,17-18H,1-4,9-16H2. The quantitative estimate of drug-likeness (QED) is 0.561. The van der Waals surface area contributed by atoms with E-state index in [1.54, 1.807) is 0 Å². The van der Waals surface area contributed by atoms with Crippen LogP contribution in [0.2, 0.25) is 0 Å². The molecule has 1 aliphatic carbocycles. The second-order valence-electron chi connectivity index (χ2n) is 5.48. The van der Waals surface area contributed by atoms with Crippen LogP contribution in [-0.2, 0) is 0 Å². The van der Waals surface area contributed by atoms with Gasteiger partial charge < -0.3 is 0 Å². The first kappa shape index (κ1) is 16.9. The van der Waals surface area contributed by atoms with Gasteiger partial charge in [0.25, 0.3) is 0 Å². The highest BCUT2D eigenvalue weighted by atomic mass is 15.2. The van der Waals surface area contributed by atoms with Crippen molar-refractivity contribution in [2.24, 2.45) is 0 Å². The van der Waals surface area contributed by atoms with E-state index in [-0.39, 0.29) is 0 Å². The molecule has 0 aromatic rings. The highest BCUT2D eigenvalue weighted by molar-refractivity contribution is 4.96. The minimum Gasteiger partial charge on any atom is -0.292 e. The van der Waals surface area contributed by atoms with E-state index in [1.807, 2.05) is 24.3 Å². The van der Waals surface area contributed by atoms with Gasteiger partial charge in [-0.25, -0.2) is 0 Å². The fraction of sp³-hybridized carbons (Fsp3) is 0.556. The number of nitrogens with zero attached hydrogens (tertiary/aromatic N) is 2. The second-order valence-corrected chi connectivity index (χ2v) is 5.48. The molecule has 2 unspecified atom stereocenters. The lowest BCUT2D eigenvalue weighted by Gasteiger charge is -2.44. The Labute approximate surface area is 125 Å². The average Bonchev–Trinajstić information content (AvgIpc) is 2.47. The molecule has 0 spiro atoms. The van der Waals surface area contributed by atoms with E-state index in [0.717, 1.165) is 26.2 Å². The summed E-state index contributed by atoms with van der Waals surface area (Å²) in [5, 5.41) is 0. The summed E-state index contributed by atoms with van der Waals surface area (Å²) in [6.07, 6.45) is 13.2. The molecule has 2 heteroatoms. The van der Waals surface area contributed by atoms with E-state index < -0.39 is 0 Å². The lowest BCUT2D eigenvalue weighted by atomic mass is 9.87. The SMILES string of the molecule is C=CCN(CC=C)C1CCCCC1N(CC=C)CC=C. The Morgan fingerprint density at radius 3 is 1.20 bits per heavy atom. The summed E-state index contributed by atoms with van der Waals surface area (Å²) in [6, 6.07) is 1.17. The molecule has 0 heterocycles. The van der Waals surface area contributed by atoms with Crippen LogP contribution in [0.1, 0.15) is 25.7 Å². The minimum atomic E-state index is 0.583. The van der Waals surface area contributed by atoms with Gasteiger partial charge in [0, 0.05) is 38.3 Å². The Morgan fingerprint density at radius 2 is 0.950 bits per heavy atom. The van der Waals surface area contributed by atoms with Gasteiger partial charge in [-0.1, -0.05) is 37.1 Å². The van der Waals surface area contributed by atoms with E-state index >= 15 is 0 Å². The molecule has 0 N–H and O–H groups in total. The molecule has 1 fully saturated rings. The Bertz CT molecular complexity index is 269. The fourth-order valence-electron chi connectivity index (χ4n) is 3.30. The number of rotatable bonds is 10. The van der Waals surface area contributed by atoms with Gasteiger partial charge in [0.15, 0.2) is 0 Å². The molecule has 1 rings (SSSR count). The van der Waals surface area contributed by atoms with Gasteiger partial charge in [0.1, 0.15) is 0 Å². The zero-order chi connectivity index (χ0) is 14.8. The van der Waals surface area contributed by atoms with Gasteiger partial charge >= 0.3 is 0 Å². The third-order valence-corrected chi connectivity index (χ3v) is 4.09. The largest absolute Gasteiger partial charge is 0.292 e. The maximum Gasteiger partial charge on any atom is 0.0258 e. The van der Waals surface area contributed by atoms with Crippen LogP contribution >= 0.6 is 0 Å². The van der Waals surface area contributed by atoms with E-state index in [4.69, 9.17) is 0 Å². The van der Waals surface area contributed by atoms with E-state index in [9.17, 15) is 0 Å². The van der Waals surface area contributed by atoms with Crippen molar-refractivity contribution < 1.29 is 0 Å². The van der Waals surface area contributed by atoms with E-state index in [1.165, 1.54) is 25.7 Å². The van der Waals surface area contributed by atoms with Crippen molar-refractivity contribution in [2.75, 3.05) is 26.2 Å². The van der Waals surface area contributed by atoms with Crippen LogP contribution in [0, 0.1) is 0 Å². The van der Waals surface area contributed by atoms with E-state index in [2.05, 4.69) is 36.1 Å². The Hall–Kier alpha value is -1.12. The maximum absolute atomic E-state index is 3.90. The molecule has 0 amide bonds. The van der Waals surface area contributed by atoms with Crippen molar-refractivity contribution in [1.82, 2.24) is 9.80 Å². The van der Waals surface area contributed by atoms with Crippen molar-refractivity contribution in [1.29, 1.82) is 0 Å². The summed E-state index contributed by atoms with van der Waals surface area (Å²) >= 11 is 0. The van der Waals surface area contributed by atoms with Crippen LogP contribution in [-0.4, -0.2) is 48.1 Å². The third kappa shape index (κ3) is 4.77. The van der Waals surface area contributed by atoms with E-state index in [0.29, 0.717) is 12.1 Å². The molecule has 0 saturated heterocycles. The zero-order valence-electron chi connectivity index (χ0n) is 12.8. The predicted octanol–water partition coefficient (Wildman–Crippen LogP) is 3.65. The lowest BCUT2D eigenvalue weighted by molar-refractivity contribution is 0.0738. The van der Waals surface area contributed by atoms with Gasteiger partial charge in [-0.05, 0) is 12.8 Å². The van der Waals surface area contributed by atoms with Crippen LogP contribution in [0.15, 0.2) is 50.6 Å². The Kier molecular flexibility index (Phi) is 8.24. The van der Waals surface area contributed by atoms with Gasteiger partial charge in [-0.3, -0.25) is 9.80 Å². The van der Waals surface area contributed by atoms with Crippen molar-refractivity contribution in [3.63, 3.8) is 0 Å². The molecule has 1 aliphatic rings. The van der Waals surface area contributed by atoms with Crippen LogP contribution in [0.3, 0.4) is 0 Å². The minimum absolute atomic E-state index is 0.583. The highest BCUT2D eigenvalue weighted by Gasteiger charge is 2.32. The maximum atomic E-state index is 3.90. The summed E-state index contributed by atoms with van der Waals surface area (Å²) in [5.41, 5.74) is 0. The second kappa shape index (κ2) is 9.73. The number of hydrogen-bond acceptors (Lipinski definition) is 2. The topological polar surface area (TPSA) is 6.48 Å². The molecular weight excluding hydrogens is 244 g/mol. The highest BCUT2D eigenvalue weighted by Crippen LogP contribution is 2.27. The molecule has 0 aromatic carbocycles. The Morgan fingerprint density at radius 1 is 0.650 bits per heavy atom. The average molecular weight is 274 g/mol. The van der Waals surface area contributed by atoms with Crippen molar-refractivity contribution in [2.45, 2.75) is 37.8 Å². The first-order valence-electron chi connectivity index (χ1n) is 7.70. The van der Waals surface area contributed by atoms with Crippen LogP contribution in [0.25, 0.3) is 0 Å². The molecule has 20 heavy (non-hydrogen) atoms. The first-order valence-corrected chi connectivity index (χ1v) is 7.70. The summed E-state index contributed by atoms with van der Waals surface area (Å²) in [5.74, 6) is 0. The molecule has 1 saturated carbocycles. The zero-order valence-corrected chi connectivity index (χ0v) is 12.8. The van der Waals surface area contributed by atoms with Crippen molar-refractivity contribution in [3.05, 3.63) is 50.6 Å². The van der Waals surface area contributed by atoms with Gasteiger partial charge in [-0.2, -0.15) is 0 Å². The monoisotopic (exact) mass is 274 g/mol. The van der Waals surface area contributed by atoms with Crippen LogP contribution < -0.4 is 0 Å². The predicted molar refractivity (Wildman–Crippen MR) is 90.0 cm³/mol. The fourth-order valence-corrected chi connectivity index (χ4v) is 3.30. The van der Waals surface area contributed by atoms with Crippen molar-refractivity contribution in [3.8, 4) is 0 Å². The molecule has 0 bridgehead atoms. The summed E-state index contributed by atoms with van der Waals surface area (Å²) in [4.78, 5) is 5.01. The van der Waals surface area contributed by atoms with Gasteiger partial charge in [0.2, 0.25) is 0 Å². The molecule has 112 valence electrons. The van der Waals surface area contributed by atoms with Crippen LogP contribution in [0.5, 0.6) is 0 Å². The molecule has 2 atom stereocenters. The molecule has 0 aromatic heterocycles. The molecule has 0 radical (unpaired) electrons. The molecular formula is C18H30N2. The first-order chi connectivity index (χ1) is 9.78. The normalized spacial score (nSPS) is 22.7. The summed E-state index contributed by atoms with van der Waals surface area (Å²) in [7, 11) is 0. The molecule has 0 aliphatic heterocycles. The number of hydrogen-bond donors (Lipinski definition) is 0. The summed E-state index contributed by atoms with van der Waals surface area (Å²) < 4.78 is 0. The van der Waals surface area contributed by atoms with Crippen LogP contribution in [0.4, 0.5) is 0 Å². The lowest BCUT2D eigenvalue weighted by Crippen LogP contribution is -2.53. The van der Waals surface area contributed by atoms with Gasteiger partial charge in [0.05, 0.1) is 0 Å². The Balaban J connectivity index is 2.85. The third-order valence-electron chi connectivity index (χ3n) is 4.09. The van der Waals surface area contributed by atoms with Gasteiger partial charge in [-0.15, -0.1) is 26.3 Å². The smallest absolute Gasteiger partial charge is 0.0258 e. The molecule has 2 nitrogen and oxygen atoms in total. The summed E-state index contributed by atoms with van der Waals surface area (Å²) in [6.45, 7) is 19.3. The van der Waals surface area contributed by atoms with Crippen molar-refractivity contribution >= 4 is 0 Å².